The second kappa shape index (κ2) is 9.19. The average Bonchev–Trinajstić information content (AvgIpc) is 3.46. The van der Waals surface area contributed by atoms with Crippen LogP contribution in [0.1, 0.15) is 16.1 Å². The van der Waals surface area contributed by atoms with Crippen LogP contribution in [0.15, 0.2) is 28.9 Å². The number of hydrogen-bond acceptors (Lipinski definition) is 8. The van der Waals surface area contributed by atoms with Gasteiger partial charge in [-0.15, -0.1) is 0 Å². The third-order valence-corrected chi connectivity index (χ3v) is 5.82. The number of ether oxygens (including phenoxy) is 1. The Morgan fingerprint density at radius 3 is 2.43 bits per heavy atom. The van der Waals surface area contributed by atoms with E-state index in [9.17, 15) is 37.7 Å². The van der Waals surface area contributed by atoms with E-state index in [2.05, 4.69) is 15.0 Å². The molecule has 4 aromatic rings. The number of carbonyl (C=O) groups excluding carboxylic acids is 1. The van der Waals surface area contributed by atoms with Gasteiger partial charge < -0.3 is 24.6 Å². The topological polar surface area (TPSA) is 131 Å². The first-order valence-corrected chi connectivity index (χ1v) is 10.5. The van der Waals surface area contributed by atoms with Crippen LogP contribution in [-0.4, -0.2) is 51.2 Å². The van der Waals surface area contributed by atoms with E-state index >= 15 is 0 Å². The molecule has 2 heterocycles. The van der Waals surface area contributed by atoms with Gasteiger partial charge in [-0.3, -0.25) is 0 Å². The quantitative estimate of drug-likeness (QED) is 0.192. The molecule has 0 saturated carbocycles. The number of aromatic hydroxyl groups is 3. The molecule has 0 aliphatic carbocycles. The predicted molar refractivity (Wildman–Crippen MR) is 121 cm³/mol. The minimum absolute atomic E-state index is 0.0149. The van der Waals surface area contributed by atoms with Crippen LogP contribution < -0.4 is 5.46 Å². The highest BCUT2D eigenvalue weighted by atomic mass is 35.5. The Labute approximate surface area is 214 Å². The maximum atomic E-state index is 14.6. The molecule has 0 unspecified atom stereocenters. The van der Waals surface area contributed by atoms with E-state index in [0.29, 0.717) is 6.20 Å². The van der Waals surface area contributed by atoms with Gasteiger partial charge >= 0.3 is 12.1 Å². The van der Waals surface area contributed by atoms with Crippen molar-refractivity contribution >= 4 is 42.5 Å². The highest BCUT2D eigenvalue weighted by Gasteiger charge is 2.43. The zero-order valence-corrected chi connectivity index (χ0v) is 19.6. The first-order chi connectivity index (χ1) is 17.3. The van der Waals surface area contributed by atoms with Crippen LogP contribution in [0.4, 0.5) is 17.6 Å². The lowest BCUT2D eigenvalue weighted by atomic mass is 9.92. The fourth-order valence-corrected chi connectivity index (χ4v) is 3.95. The van der Waals surface area contributed by atoms with Crippen molar-refractivity contribution in [1.29, 1.82) is 0 Å². The van der Waals surface area contributed by atoms with Crippen LogP contribution in [0.3, 0.4) is 0 Å². The second-order valence-corrected chi connectivity index (χ2v) is 8.05. The van der Waals surface area contributed by atoms with Gasteiger partial charge in [0.05, 0.1) is 29.5 Å². The van der Waals surface area contributed by atoms with E-state index in [-0.39, 0.29) is 9.70 Å². The molecule has 2 aromatic carbocycles. The van der Waals surface area contributed by atoms with E-state index in [0.717, 1.165) is 13.2 Å². The van der Waals surface area contributed by atoms with Crippen molar-refractivity contribution in [2.45, 2.75) is 6.18 Å². The molecule has 2 aromatic heterocycles. The molecule has 0 aliphatic heterocycles. The molecule has 9 nitrogen and oxygen atoms in total. The van der Waals surface area contributed by atoms with E-state index in [4.69, 9.17) is 35.6 Å². The van der Waals surface area contributed by atoms with Crippen molar-refractivity contribution < 1.29 is 46.9 Å². The van der Waals surface area contributed by atoms with Crippen LogP contribution in [0.5, 0.6) is 17.2 Å². The molecule has 4 rings (SSSR count). The summed E-state index contributed by atoms with van der Waals surface area (Å²) in [4.78, 5) is 12.6. The summed E-state index contributed by atoms with van der Waals surface area (Å²) < 4.78 is 67.3. The lowest BCUT2D eigenvalue weighted by molar-refractivity contribution is -0.142. The molecule has 0 atom stereocenters. The Balaban J connectivity index is 2.08. The Morgan fingerprint density at radius 2 is 1.84 bits per heavy atom. The van der Waals surface area contributed by atoms with Gasteiger partial charge in [-0.2, -0.15) is 18.3 Å². The smallest absolute Gasteiger partial charge is 0.434 e. The van der Waals surface area contributed by atoms with E-state index in [1.807, 2.05) is 0 Å². The van der Waals surface area contributed by atoms with E-state index in [1.54, 1.807) is 0 Å². The van der Waals surface area contributed by atoms with Gasteiger partial charge in [0, 0.05) is 0 Å². The van der Waals surface area contributed by atoms with Crippen LogP contribution >= 0.6 is 23.2 Å². The number of aromatic nitrogens is 3. The third kappa shape index (κ3) is 4.11. The number of methoxy groups -OCH3 is 1. The molecule has 0 amide bonds. The molecule has 190 valence electrons. The maximum Gasteiger partial charge on any atom is 0.434 e. The summed E-state index contributed by atoms with van der Waals surface area (Å²) in [5, 5.41) is 36.4. The fraction of sp³-hybridized carbons (Fsp3) is 0.0952. The number of esters is 1. The average molecular weight is 558 g/mol. The Morgan fingerprint density at radius 1 is 1.16 bits per heavy atom. The number of rotatable bonds is 4. The minimum Gasteiger partial charge on any atom is -0.507 e. The van der Waals surface area contributed by atoms with Gasteiger partial charge in [0.1, 0.15) is 47.1 Å². The number of phenols is 3. The fourth-order valence-electron chi connectivity index (χ4n) is 3.50. The zero-order valence-electron chi connectivity index (χ0n) is 18.1. The monoisotopic (exact) mass is 557 g/mol. The Hall–Kier alpha value is -3.91. The number of halogens is 6. The van der Waals surface area contributed by atoms with Gasteiger partial charge in [0.2, 0.25) is 0 Å². The lowest BCUT2D eigenvalue weighted by Crippen LogP contribution is -2.17. The molecule has 37 heavy (non-hydrogen) atoms. The molecule has 3 N–H and O–H groups in total. The van der Waals surface area contributed by atoms with Crippen LogP contribution in [-0.2, 0) is 10.9 Å². The zero-order chi connectivity index (χ0) is 27.4. The van der Waals surface area contributed by atoms with Crippen molar-refractivity contribution in [1.82, 2.24) is 14.9 Å². The molecule has 2 radical (unpaired) electrons. The molecular formula is C21H10BCl2F4N3O6. The van der Waals surface area contributed by atoms with Crippen molar-refractivity contribution in [3.63, 3.8) is 0 Å². The first-order valence-electron chi connectivity index (χ1n) is 9.71. The number of alkyl halides is 3. The standard InChI is InChI=1S/C21H10BCl2F4N3O6/c1-36-20(35)10-13(9-7(23)3-2-4-8(9)25)30-37-18(10)6-5-29-31(19(6)21(26,27)28)14-16(33)11(22)15(32)12(24)17(14)34/h2-5,32-34H,1H3. The first kappa shape index (κ1) is 26.2. The number of benzene rings is 2. The summed E-state index contributed by atoms with van der Waals surface area (Å²) in [6, 6.07) is 3.47. The largest absolute Gasteiger partial charge is 0.507 e. The highest BCUT2D eigenvalue weighted by Crippen LogP contribution is 2.47. The van der Waals surface area contributed by atoms with Crippen LogP contribution in [0.2, 0.25) is 10.0 Å². The highest BCUT2D eigenvalue weighted by molar-refractivity contribution is 6.42. The van der Waals surface area contributed by atoms with Gasteiger partial charge in [0.15, 0.2) is 17.2 Å². The van der Waals surface area contributed by atoms with Gasteiger partial charge in [-0.25, -0.2) is 13.9 Å². The van der Waals surface area contributed by atoms with Crippen molar-refractivity contribution in [2.24, 2.45) is 0 Å². The summed E-state index contributed by atoms with van der Waals surface area (Å²) in [5.74, 6) is -6.45. The molecule has 0 saturated heterocycles. The molecule has 0 spiro atoms. The van der Waals surface area contributed by atoms with E-state index < -0.39 is 85.2 Å². The second-order valence-electron chi connectivity index (χ2n) is 7.26. The molecule has 16 heteroatoms. The van der Waals surface area contributed by atoms with Gasteiger partial charge in [-0.05, 0) is 17.6 Å². The summed E-state index contributed by atoms with van der Waals surface area (Å²) >= 11 is 11.8. The summed E-state index contributed by atoms with van der Waals surface area (Å²) in [5.41, 5.74) is -6.27. The molecule has 0 fully saturated rings. The normalized spacial score (nSPS) is 11.6. The Bertz CT molecular complexity index is 1520. The van der Waals surface area contributed by atoms with Gasteiger partial charge in [0.25, 0.3) is 0 Å². The van der Waals surface area contributed by atoms with Gasteiger partial charge in [-0.1, -0.05) is 34.4 Å². The molecule has 0 aliphatic rings. The molecule has 0 bridgehead atoms. The van der Waals surface area contributed by atoms with Crippen LogP contribution in [0, 0.1) is 5.82 Å². The van der Waals surface area contributed by atoms with Crippen molar-refractivity contribution in [2.75, 3.05) is 7.11 Å². The summed E-state index contributed by atoms with van der Waals surface area (Å²) in [6.45, 7) is 0. The Kier molecular flexibility index (Phi) is 6.50. The number of nitrogens with zero attached hydrogens (tertiary/aromatic N) is 3. The number of hydrogen-bond donors (Lipinski definition) is 3. The molecular weight excluding hydrogens is 548 g/mol. The number of carbonyl (C=O) groups is 1. The van der Waals surface area contributed by atoms with Crippen molar-refractivity contribution in [3.05, 3.63) is 51.5 Å². The summed E-state index contributed by atoms with van der Waals surface area (Å²) in [6.07, 6.45) is -4.72. The minimum atomic E-state index is -5.29. The SMILES string of the molecule is [B]c1c(O)c(Cl)c(O)c(-n2ncc(-c3onc(-c4c(F)cccc4Cl)c3C(=O)OC)c2C(F)(F)F)c1O. The summed E-state index contributed by atoms with van der Waals surface area (Å²) in [7, 11) is 6.40. The maximum absolute atomic E-state index is 14.6. The lowest BCUT2D eigenvalue weighted by Gasteiger charge is -2.17. The number of phenolic OH excluding ortho intramolecular Hbond substituents is 3. The van der Waals surface area contributed by atoms with E-state index in [1.165, 1.54) is 12.1 Å². The van der Waals surface area contributed by atoms with Crippen molar-refractivity contribution in [3.8, 4) is 45.5 Å². The third-order valence-electron chi connectivity index (χ3n) is 5.15. The van der Waals surface area contributed by atoms with Crippen LogP contribution in [0.25, 0.3) is 28.3 Å². The predicted octanol–water partition coefficient (Wildman–Crippen LogP) is 4.36.